The summed E-state index contributed by atoms with van der Waals surface area (Å²) in [6, 6.07) is 1.69. The van der Waals surface area contributed by atoms with Gasteiger partial charge in [-0.1, -0.05) is 23.4 Å². The summed E-state index contributed by atoms with van der Waals surface area (Å²) in [5, 5.41) is 28.0. The molecule has 0 spiro atoms. The number of phenols is 1. The van der Waals surface area contributed by atoms with Gasteiger partial charge in [-0.25, -0.2) is 4.79 Å². The average molecular weight is 188 g/mol. The Morgan fingerprint density at radius 2 is 2.08 bits per heavy atom. The minimum absolute atomic E-state index is 0.197. The number of carboxylic acid groups (broad SMARTS) is 1. The van der Waals surface area contributed by atoms with E-state index in [1.165, 1.54) is 0 Å². The Bertz CT molecular complexity index is 334. The number of carbonyl (C=O) groups is 1. The van der Waals surface area contributed by atoms with Gasteiger partial charge in [0.15, 0.2) is 0 Å². The van der Waals surface area contributed by atoms with Crippen molar-refractivity contribution in [2.45, 2.75) is 0 Å². The lowest BCUT2D eigenvalue weighted by Crippen LogP contribution is -1.99. The molecule has 0 aromatic heterocycles. The van der Waals surface area contributed by atoms with Crippen LogP contribution in [0.5, 0.6) is 11.5 Å². The van der Waals surface area contributed by atoms with Gasteiger partial charge in [0, 0.05) is 5.02 Å². The summed E-state index contributed by atoms with van der Waals surface area (Å²) in [4.78, 5) is 10.3. The fourth-order valence-electron chi connectivity index (χ4n) is 0.714. The Morgan fingerprint density at radius 1 is 1.50 bits per heavy atom. The van der Waals surface area contributed by atoms with Crippen LogP contribution in [0.4, 0.5) is 0 Å². The average Bonchev–Trinajstić information content (AvgIpc) is 1.96. The van der Waals surface area contributed by atoms with Crippen LogP contribution >= 0.6 is 11.6 Å². The second kappa shape index (κ2) is 2.91. The van der Waals surface area contributed by atoms with Gasteiger partial charge in [-0.05, 0) is 6.07 Å². The molecule has 0 amide bonds. The van der Waals surface area contributed by atoms with Gasteiger partial charge < -0.3 is 15.3 Å². The van der Waals surface area contributed by atoms with Crippen LogP contribution in [0, 0.1) is 0 Å². The zero-order valence-electron chi connectivity index (χ0n) is 5.74. The van der Waals surface area contributed by atoms with Crippen LogP contribution in [0.25, 0.3) is 0 Å². The van der Waals surface area contributed by atoms with Gasteiger partial charge in [0.25, 0.3) is 0 Å². The molecule has 0 unspecified atom stereocenters. The second-order valence-electron chi connectivity index (χ2n) is 2.10. The first kappa shape index (κ1) is 8.67. The van der Waals surface area contributed by atoms with Crippen LogP contribution in [0.2, 0.25) is 5.02 Å². The van der Waals surface area contributed by atoms with Gasteiger partial charge in [-0.3, -0.25) is 0 Å². The summed E-state index contributed by atoms with van der Waals surface area (Å²) in [6.07, 6.45) is 0. The molecule has 1 aromatic carbocycles. The minimum Gasteiger partial charge on any atom is -0.871 e. The van der Waals surface area contributed by atoms with E-state index < -0.39 is 23.0 Å². The molecule has 0 heterocycles. The van der Waals surface area contributed by atoms with E-state index in [9.17, 15) is 9.90 Å². The van der Waals surface area contributed by atoms with Gasteiger partial charge in [-0.2, -0.15) is 0 Å². The lowest BCUT2D eigenvalue weighted by molar-refractivity contribution is -0.268. The van der Waals surface area contributed by atoms with Crippen molar-refractivity contribution in [2.24, 2.45) is 0 Å². The van der Waals surface area contributed by atoms with E-state index in [0.29, 0.717) is 0 Å². The van der Waals surface area contributed by atoms with Crippen LogP contribution < -0.4 is 5.11 Å². The largest absolute Gasteiger partial charge is 0.871 e. The topological polar surface area (TPSA) is 80.6 Å². The van der Waals surface area contributed by atoms with Crippen LogP contribution in [0.15, 0.2) is 12.1 Å². The van der Waals surface area contributed by atoms with Crippen LogP contribution in [-0.2, 0) is 0 Å². The summed E-state index contributed by atoms with van der Waals surface area (Å²) in [7, 11) is 0. The Kier molecular flexibility index (Phi) is 2.10. The van der Waals surface area contributed by atoms with Gasteiger partial charge in [-0.15, -0.1) is 0 Å². The van der Waals surface area contributed by atoms with Gasteiger partial charge in [0.05, 0.1) is 0 Å². The summed E-state index contributed by atoms with van der Waals surface area (Å²) < 4.78 is 0. The highest BCUT2D eigenvalue weighted by molar-refractivity contribution is 6.32. The van der Waals surface area contributed by atoms with E-state index in [4.69, 9.17) is 21.8 Å². The van der Waals surface area contributed by atoms with Crippen molar-refractivity contribution >= 4 is 17.6 Å². The maximum absolute atomic E-state index is 10.8. The Labute approximate surface area is 72.6 Å². The number of rotatable bonds is 1. The number of aromatic carboxylic acids is 1. The van der Waals surface area contributed by atoms with Crippen molar-refractivity contribution in [2.75, 3.05) is 0 Å². The van der Waals surface area contributed by atoms with E-state index >= 15 is 0 Å². The molecule has 64 valence electrons. The number of carboxylic acids is 1. The fourth-order valence-corrected chi connectivity index (χ4v) is 0.872. The normalized spacial score (nSPS) is 9.75. The quantitative estimate of drug-likeness (QED) is 0.682. The van der Waals surface area contributed by atoms with Crippen LogP contribution in [-0.4, -0.2) is 16.2 Å². The molecular formula is C7H4ClO4-. The van der Waals surface area contributed by atoms with Crippen molar-refractivity contribution in [3.05, 3.63) is 22.7 Å². The molecule has 0 saturated carbocycles. The number of halogens is 1. The van der Waals surface area contributed by atoms with E-state index in [1.54, 1.807) is 0 Å². The van der Waals surface area contributed by atoms with E-state index in [0.717, 1.165) is 12.1 Å². The molecule has 2 N–H and O–H groups in total. The number of hydrogen-bond donors (Lipinski definition) is 2. The molecule has 0 saturated heterocycles. The molecule has 0 aliphatic heterocycles. The monoisotopic (exact) mass is 187 g/mol. The summed E-state index contributed by atoms with van der Waals surface area (Å²) in [6.45, 7) is 0. The van der Waals surface area contributed by atoms with Crippen molar-refractivity contribution in [1.82, 2.24) is 0 Å². The Morgan fingerprint density at radius 3 is 2.58 bits per heavy atom. The molecule has 5 heteroatoms. The first-order valence-corrected chi connectivity index (χ1v) is 3.33. The molecule has 1 aromatic rings. The number of benzene rings is 1. The summed E-state index contributed by atoms with van der Waals surface area (Å²) >= 11 is 5.33. The van der Waals surface area contributed by atoms with Crippen molar-refractivity contribution in [3.63, 3.8) is 0 Å². The van der Waals surface area contributed by atoms with Gasteiger partial charge in [0.2, 0.25) is 0 Å². The first-order chi connectivity index (χ1) is 5.52. The highest BCUT2D eigenvalue weighted by Crippen LogP contribution is 2.28. The molecule has 12 heavy (non-hydrogen) atoms. The smallest absolute Gasteiger partial charge is 0.339 e. The first-order valence-electron chi connectivity index (χ1n) is 2.95. The molecule has 0 bridgehead atoms. The molecule has 4 nitrogen and oxygen atoms in total. The van der Waals surface area contributed by atoms with Crippen molar-refractivity contribution < 1.29 is 20.1 Å². The Balaban J connectivity index is 3.33. The molecule has 0 aliphatic rings. The van der Waals surface area contributed by atoms with Gasteiger partial charge in [0.1, 0.15) is 11.3 Å². The van der Waals surface area contributed by atoms with E-state index in [-0.39, 0.29) is 5.02 Å². The van der Waals surface area contributed by atoms with E-state index in [1.807, 2.05) is 0 Å². The van der Waals surface area contributed by atoms with Crippen LogP contribution in [0.3, 0.4) is 0 Å². The zero-order chi connectivity index (χ0) is 9.30. The Hall–Kier alpha value is -1.42. The summed E-state index contributed by atoms with van der Waals surface area (Å²) in [5.74, 6) is -2.49. The third kappa shape index (κ3) is 1.43. The molecule has 0 aliphatic carbocycles. The van der Waals surface area contributed by atoms with E-state index in [2.05, 4.69) is 0 Å². The standard InChI is InChI=1S/C7H5ClO4/c8-4-2-5(9)3(7(11)12)1-6(4)10/h1-2,9-10H,(H,11,12)/p-1. The number of aromatic hydroxyl groups is 1. The SMILES string of the molecule is O=C(O)c1cc([O-])c(Cl)cc1O. The van der Waals surface area contributed by atoms with Crippen molar-refractivity contribution in [1.29, 1.82) is 0 Å². The molecule has 1 rings (SSSR count). The predicted octanol–water partition coefficient (Wildman–Crippen LogP) is 0.817. The third-order valence-corrected chi connectivity index (χ3v) is 1.58. The summed E-state index contributed by atoms with van der Waals surface area (Å²) in [5.41, 5.74) is -0.440. The lowest BCUT2D eigenvalue weighted by Gasteiger charge is -2.09. The van der Waals surface area contributed by atoms with Crippen LogP contribution in [0.1, 0.15) is 10.4 Å². The fraction of sp³-hybridized carbons (Fsp3) is 0. The second-order valence-corrected chi connectivity index (χ2v) is 2.51. The minimum atomic E-state index is -1.36. The van der Waals surface area contributed by atoms with Gasteiger partial charge >= 0.3 is 5.97 Å². The number of hydrogen-bond acceptors (Lipinski definition) is 3. The highest BCUT2D eigenvalue weighted by Gasteiger charge is 2.09. The highest BCUT2D eigenvalue weighted by atomic mass is 35.5. The third-order valence-electron chi connectivity index (χ3n) is 1.28. The zero-order valence-corrected chi connectivity index (χ0v) is 6.50. The predicted molar refractivity (Wildman–Crippen MR) is 39.5 cm³/mol. The molecule has 0 atom stereocenters. The molecule has 0 fully saturated rings. The maximum atomic E-state index is 10.8. The van der Waals surface area contributed by atoms with Crippen molar-refractivity contribution in [3.8, 4) is 11.5 Å². The lowest BCUT2D eigenvalue weighted by atomic mass is 10.2. The molecular weight excluding hydrogens is 184 g/mol. The maximum Gasteiger partial charge on any atom is 0.339 e. The molecule has 0 radical (unpaired) electrons.